The van der Waals surface area contributed by atoms with Crippen LogP contribution in [0.4, 0.5) is 5.69 Å². The molecule has 154 valence electrons. The van der Waals surface area contributed by atoms with Gasteiger partial charge in [0.15, 0.2) is 0 Å². The summed E-state index contributed by atoms with van der Waals surface area (Å²) >= 11 is 0. The van der Waals surface area contributed by atoms with Crippen LogP contribution in [0.5, 0.6) is 0 Å². The number of rotatable bonds is 7. The smallest absolute Gasteiger partial charge is 0.339 e. The minimum absolute atomic E-state index is 0.0860. The van der Waals surface area contributed by atoms with Gasteiger partial charge in [-0.05, 0) is 45.4 Å². The molecule has 0 fully saturated rings. The topological polar surface area (TPSA) is 75.7 Å². The monoisotopic (exact) mass is 396 g/mol. The second kappa shape index (κ2) is 9.37. The highest BCUT2D eigenvalue weighted by Crippen LogP contribution is 2.26. The Labute approximate surface area is 171 Å². The van der Waals surface area contributed by atoms with Crippen LogP contribution in [-0.2, 0) is 20.9 Å². The molecule has 29 heavy (non-hydrogen) atoms. The maximum absolute atomic E-state index is 13.3. The quantitative estimate of drug-likeness (QED) is 0.569. The SMILES string of the molecule is COC(=O)c1ccccc1NC(=O)C(C)(C)C(=O)N(Cc1ccccc1)C(C)C. The summed E-state index contributed by atoms with van der Waals surface area (Å²) in [4.78, 5) is 39.9. The molecule has 0 heterocycles. The number of amides is 2. The molecule has 6 nitrogen and oxygen atoms in total. The summed E-state index contributed by atoms with van der Waals surface area (Å²) in [6, 6.07) is 16.1. The first-order chi connectivity index (χ1) is 13.7. The molecule has 0 aromatic heterocycles. The first-order valence-electron chi connectivity index (χ1n) is 9.52. The summed E-state index contributed by atoms with van der Waals surface area (Å²) < 4.78 is 4.76. The third kappa shape index (κ3) is 5.22. The lowest BCUT2D eigenvalue weighted by atomic mass is 9.89. The number of esters is 1. The van der Waals surface area contributed by atoms with E-state index in [2.05, 4.69) is 5.32 Å². The fourth-order valence-corrected chi connectivity index (χ4v) is 2.88. The first-order valence-corrected chi connectivity index (χ1v) is 9.52. The number of carbonyl (C=O) groups is 3. The number of carbonyl (C=O) groups excluding carboxylic acids is 3. The predicted molar refractivity (Wildman–Crippen MR) is 112 cm³/mol. The highest BCUT2D eigenvalue weighted by molar-refractivity contribution is 6.11. The molecule has 0 atom stereocenters. The van der Waals surface area contributed by atoms with E-state index in [9.17, 15) is 14.4 Å². The zero-order valence-electron chi connectivity index (χ0n) is 17.6. The van der Waals surface area contributed by atoms with Gasteiger partial charge in [0.2, 0.25) is 11.8 Å². The van der Waals surface area contributed by atoms with Gasteiger partial charge in [-0.15, -0.1) is 0 Å². The fourth-order valence-electron chi connectivity index (χ4n) is 2.88. The third-order valence-electron chi connectivity index (χ3n) is 4.76. The van der Waals surface area contributed by atoms with Gasteiger partial charge in [-0.2, -0.15) is 0 Å². The van der Waals surface area contributed by atoms with Gasteiger partial charge >= 0.3 is 5.97 Å². The van der Waals surface area contributed by atoms with Gasteiger partial charge in [0.25, 0.3) is 0 Å². The van der Waals surface area contributed by atoms with Gasteiger partial charge in [-0.3, -0.25) is 9.59 Å². The van der Waals surface area contributed by atoms with Crippen LogP contribution in [0.3, 0.4) is 0 Å². The summed E-state index contributed by atoms with van der Waals surface area (Å²) in [7, 11) is 1.28. The van der Waals surface area contributed by atoms with Crippen molar-refractivity contribution < 1.29 is 19.1 Å². The van der Waals surface area contributed by atoms with Crippen molar-refractivity contribution in [2.24, 2.45) is 5.41 Å². The summed E-state index contributed by atoms with van der Waals surface area (Å²) in [5.41, 5.74) is 0.199. The van der Waals surface area contributed by atoms with Crippen molar-refractivity contribution in [3.63, 3.8) is 0 Å². The molecule has 0 aliphatic rings. The van der Waals surface area contributed by atoms with E-state index in [-0.39, 0.29) is 17.5 Å². The summed E-state index contributed by atoms with van der Waals surface area (Å²) in [6.07, 6.45) is 0. The Hall–Kier alpha value is -3.15. The zero-order valence-corrected chi connectivity index (χ0v) is 17.6. The molecule has 0 saturated carbocycles. The molecule has 0 radical (unpaired) electrons. The van der Waals surface area contributed by atoms with Gasteiger partial charge in [0.1, 0.15) is 5.41 Å². The van der Waals surface area contributed by atoms with E-state index in [1.807, 2.05) is 44.2 Å². The molecular formula is C23H28N2O4. The molecule has 0 aliphatic heterocycles. The van der Waals surface area contributed by atoms with Crippen LogP contribution in [0.1, 0.15) is 43.6 Å². The highest BCUT2D eigenvalue weighted by atomic mass is 16.5. The fraction of sp³-hybridized carbons (Fsp3) is 0.348. The van der Waals surface area contributed by atoms with E-state index in [1.54, 1.807) is 43.0 Å². The van der Waals surface area contributed by atoms with Crippen molar-refractivity contribution in [1.82, 2.24) is 4.90 Å². The second-order valence-electron chi connectivity index (χ2n) is 7.63. The zero-order chi connectivity index (χ0) is 21.6. The van der Waals surface area contributed by atoms with Crippen LogP contribution in [0, 0.1) is 5.41 Å². The van der Waals surface area contributed by atoms with Crippen molar-refractivity contribution >= 4 is 23.5 Å². The van der Waals surface area contributed by atoms with Crippen molar-refractivity contribution in [2.45, 2.75) is 40.3 Å². The average Bonchev–Trinajstić information content (AvgIpc) is 2.71. The Morgan fingerprint density at radius 3 is 2.17 bits per heavy atom. The number of nitrogens with one attached hydrogen (secondary N) is 1. The number of anilines is 1. The van der Waals surface area contributed by atoms with E-state index in [0.29, 0.717) is 12.2 Å². The van der Waals surface area contributed by atoms with Gasteiger partial charge in [-0.1, -0.05) is 42.5 Å². The number of nitrogens with zero attached hydrogens (tertiary/aromatic N) is 1. The molecule has 0 spiro atoms. The van der Waals surface area contributed by atoms with E-state index >= 15 is 0 Å². The Bertz CT molecular complexity index is 875. The first kappa shape index (κ1) is 22.1. The van der Waals surface area contributed by atoms with Crippen LogP contribution in [0.2, 0.25) is 0 Å². The third-order valence-corrected chi connectivity index (χ3v) is 4.76. The summed E-state index contributed by atoms with van der Waals surface area (Å²) in [5, 5.41) is 2.72. The van der Waals surface area contributed by atoms with Gasteiger partial charge in [-0.25, -0.2) is 4.79 Å². The van der Waals surface area contributed by atoms with Crippen molar-refractivity contribution in [2.75, 3.05) is 12.4 Å². The van der Waals surface area contributed by atoms with Gasteiger partial charge in [0, 0.05) is 12.6 Å². The van der Waals surface area contributed by atoms with Crippen molar-refractivity contribution in [3.05, 3.63) is 65.7 Å². The Balaban J connectivity index is 2.24. The van der Waals surface area contributed by atoms with Crippen LogP contribution < -0.4 is 5.32 Å². The predicted octanol–water partition coefficient (Wildman–Crippen LogP) is 3.88. The van der Waals surface area contributed by atoms with Crippen LogP contribution in [-0.4, -0.2) is 35.8 Å². The highest BCUT2D eigenvalue weighted by Gasteiger charge is 2.40. The van der Waals surface area contributed by atoms with Crippen LogP contribution >= 0.6 is 0 Å². The molecule has 0 unspecified atom stereocenters. The van der Waals surface area contributed by atoms with E-state index < -0.39 is 17.3 Å². The molecule has 6 heteroatoms. The normalized spacial score (nSPS) is 11.1. The molecule has 2 aromatic carbocycles. The number of benzene rings is 2. The molecule has 2 rings (SSSR count). The van der Waals surface area contributed by atoms with Gasteiger partial charge in [0.05, 0.1) is 18.4 Å². The molecular weight excluding hydrogens is 368 g/mol. The largest absolute Gasteiger partial charge is 0.465 e. The molecule has 0 bridgehead atoms. The van der Waals surface area contributed by atoms with Gasteiger partial charge < -0.3 is 15.0 Å². The van der Waals surface area contributed by atoms with Crippen molar-refractivity contribution in [1.29, 1.82) is 0 Å². The number of hydrogen-bond acceptors (Lipinski definition) is 4. The Kier molecular flexibility index (Phi) is 7.15. The van der Waals surface area contributed by atoms with Crippen LogP contribution in [0.15, 0.2) is 54.6 Å². The van der Waals surface area contributed by atoms with Crippen LogP contribution in [0.25, 0.3) is 0 Å². The number of para-hydroxylation sites is 1. The lowest BCUT2D eigenvalue weighted by Crippen LogP contribution is -2.49. The minimum Gasteiger partial charge on any atom is -0.465 e. The lowest BCUT2D eigenvalue weighted by molar-refractivity contribution is -0.148. The Morgan fingerprint density at radius 2 is 1.59 bits per heavy atom. The lowest BCUT2D eigenvalue weighted by Gasteiger charge is -2.34. The average molecular weight is 396 g/mol. The van der Waals surface area contributed by atoms with E-state index in [0.717, 1.165) is 5.56 Å². The molecule has 0 saturated heterocycles. The van der Waals surface area contributed by atoms with E-state index in [1.165, 1.54) is 7.11 Å². The molecule has 2 amide bonds. The summed E-state index contributed by atoms with van der Waals surface area (Å²) in [6.45, 7) is 7.42. The summed E-state index contributed by atoms with van der Waals surface area (Å²) in [5.74, 6) is -1.33. The molecule has 0 aliphatic carbocycles. The standard InChI is InChI=1S/C23H28N2O4/c1-16(2)25(15-17-11-7-6-8-12-17)22(28)23(3,4)21(27)24-19-14-10-9-13-18(19)20(26)29-5/h6-14,16H,15H2,1-5H3,(H,24,27). The minimum atomic E-state index is -1.33. The Morgan fingerprint density at radius 1 is 1.00 bits per heavy atom. The number of hydrogen-bond donors (Lipinski definition) is 1. The maximum atomic E-state index is 13.3. The second-order valence-corrected chi connectivity index (χ2v) is 7.63. The number of ether oxygens (including phenoxy) is 1. The maximum Gasteiger partial charge on any atom is 0.339 e. The van der Waals surface area contributed by atoms with E-state index in [4.69, 9.17) is 4.74 Å². The van der Waals surface area contributed by atoms with Crippen molar-refractivity contribution in [3.8, 4) is 0 Å². The molecule has 1 N–H and O–H groups in total. The number of methoxy groups -OCH3 is 1. The molecule has 2 aromatic rings.